The van der Waals surface area contributed by atoms with E-state index in [0.717, 1.165) is 27.8 Å². The number of hydrogen-bond donors (Lipinski definition) is 1. The number of carbonyl (C=O) groups excluding carboxylic acids is 1. The fraction of sp³-hybridized carbons (Fsp3) is 0.524. The number of nitrogens with one attached hydrogen (secondary N) is 1. The maximum absolute atomic E-state index is 12.7. The molecule has 0 unspecified atom stereocenters. The van der Waals surface area contributed by atoms with Gasteiger partial charge in [0.05, 0.1) is 18.7 Å². The van der Waals surface area contributed by atoms with Gasteiger partial charge in [0.15, 0.2) is 0 Å². The van der Waals surface area contributed by atoms with E-state index in [-0.39, 0.29) is 23.0 Å². The van der Waals surface area contributed by atoms with Crippen LogP contribution in [0.15, 0.2) is 23.1 Å². The molecule has 0 saturated carbocycles. The molecule has 0 atom stereocenters. The molecule has 0 saturated heterocycles. The summed E-state index contributed by atoms with van der Waals surface area (Å²) in [5.74, 6) is 0.471. The van der Waals surface area contributed by atoms with Crippen LogP contribution in [-0.4, -0.2) is 49.1 Å². The van der Waals surface area contributed by atoms with E-state index in [2.05, 4.69) is 24.3 Å². The third-order valence-corrected chi connectivity index (χ3v) is 6.53. The quantitative estimate of drug-likeness (QED) is 0.652. The Hall–Kier alpha value is -2.39. The van der Waals surface area contributed by atoms with Crippen molar-refractivity contribution in [2.45, 2.75) is 52.5 Å². The van der Waals surface area contributed by atoms with Gasteiger partial charge in [-0.1, -0.05) is 13.8 Å². The molecule has 0 radical (unpaired) electrons. The SMILES string of the molecule is CCOc1ccc(NC(=O)Cc2c(C)nn(CC(C)C)c2C)cc1S(=O)(=O)N(C)C. The summed E-state index contributed by atoms with van der Waals surface area (Å²) in [6.07, 6.45) is 0.165. The summed E-state index contributed by atoms with van der Waals surface area (Å²) in [6.45, 7) is 11.0. The lowest BCUT2D eigenvalue weighted by Gasteiger charge is -2.16. The topological polar surface area (TPSA) is 93.5 Å². The first-order valence-electron chi connectivity index (χ1n) is 9.99. The predicted molar refractivity (Wildman–Crippen MR) is 117 cm³/mol. The number of ether oxygens (including phenoxy) is 1. The third kappa shape index (κ3) is 5.40. The molecule has 166 valence electrons. The summed E-state index contributed by atoms with van der Waals surface area (Å²) in [5.41, 5.74) is 3.08. The van der Waals surface area contributed by atoms with Crippen molar-refractivity contribution >= 4 is 21.6 Å². The molecule has 2 rings (SSSR count). The average Bonchev–Trinajstić information content (AvgIpc) is 2.89. The van der Waals surface area contributed by atoms with Crippen LogP contribution in [0, 0.1) is 19.8 Å². The normalized spacial score (nSPS) is 11.9. The van der Waals surface area contributed by atoms with Gasteiger partial charge in [0.1, 0.15) is 10.6 Å². The number of amides is 1. The molecular weight excluding hydrogens is 404 g/mol. The number of carbonyl (C=O) groups is 1. The maximum atomic E-state index is 12.7. The highest BCUT2D eigenvalue weighted by atomic mass is 32.2. The molecule has 0 aliphatic heterocycles. The van der Waals surface area contributed by atoms with Gasteiger partial charge in [-0.05, 0) is 44.9 Å². The van der Waals surface area contributed by atoms with Crippen LogP contribution < -0.4 is 10.1 Å². The number of aromatic nitrogens is 2. The Labute approximate surface area is 179 Å². The number of benzene rings is 1. The lowest BCUT2D eigenvalue weighted by atomic mass is 10.1. The molecule has 2 aromatic rings. The van der Waals surface area contributed by atoms with Gasteiger partial charge in [-0.2, -0.15) is 5.10 Å². The molecule has 30 heavy (non-hydrogen) atoms. The molecule has 0 aliphatic carbocycles. The summed E-state index contributed by atoms with van der Waals surface area (Å²) in [5, 5.41) is 7.34. The first-order chi connectivity index (χ1) is 14.0. The van der Waals surface area contributed by atoms with Crippen LogP contribution in [0.3, 0.4) is 0 Å². The van der Waals surface area contributed by atoms with E-state index in [4.69, 9.17) is 4.74 Å². The van der Waals surface area contributed by atoms with E-state index in [1.165, 1.54) is 20.2 Å². The van der Waals surface area contributed by atoms with Crippen LogP contribution in [0.4, 0.5) is 5.69 Å². The van der Waals surface area contributed by atoms with Gasteiger partial charge >= 0.3 is 0 Å². The average molecular weight is 437 g/mol. The molecular formula is C21H32N4O4S. The van der Waals surface area contributed by atoms with Crippen molar-refractivity contribution in [3.05, 3.63) is 35.2 Å². The first-order valence-corrected chi connectivity index (χ1v) is 11.4. The zero-order valence-electron chi connectivity index (χ0n) is 18.8. The number of nitrogens with zero attached hydrogens (tertiary/aromatic N) is 3. The standard InChI is InChI=1S/C21H32N4O4S/c1-8-29-19-10-9-17(11-20(19)30(27,28)24(6)7)22-21(26)12-18-15(4)23-25(16(18)5)13-14(2)3/h9-11,14H,8,12-13H2,1-7H3,(H,22,26). The fourth-order valence-electron chi connectivity index (χ4n) is 3.14. The van der Waals surface area contributed by atoms with E-state index >= 15 is 0 Å². The highest BCUT2D eigenvalue weighted by Gasteiger charge is 2.23. The van der Waals surface area contributed by atoms with E-state index in [9.17, 15) is 13.2 Å². The predicted octanol–water partition coefficient (Wildman–Crippen LogP) is 2.99. The highest BCUT2D eigenvalue weighted by molar-refractivity contribution is 7.89. The summed E-state index contributed by atoms with van der Waals surface area (Å²) in [4.78, 5) is 12.7. The van der Waals surface area contributed by atoms with E-state index < -0.39 is 10.0 Å². The number of rotatable bonds is 9. The van der Waals surface area contributed by atoms with E-state index in [1.807, 2.05) is 18.5 Å². The van der Waals surface area contributed by atoms with Gasteiger partial charge in [-0.25, -0.2) is 12.7 Å². The van der Waals surface area contributed by atoms with Crippen LogP contribution in [0.25, 0.3) is 0 Å². The molecule has 1 heterocycles. The maximum Gasteiger partial charge on any atom is 0.246 e. The van der Waals surface area contributed by atoms with Crippen molar-refractivity contribution in [1.82, 2.24) is 14.1 Å². The number of hydrogen-bond acceptors (Lipinski definition) is 5. The zero-order valence-corrected chi connectivity index (χ0v) is 19.6. The lowest BCUT2D eigenvalue weighted by Crippen LogP contribution is -2.23. The minimum Gasteiger partial charge on any atom is -0.492 e. The molecule has 1 aromatic carbocycles. The molecule has 0 fully saturated rings. The van der Waals surface area contributed by atoms with Crippen LogP contribution >= 0.6 is 0 Å². The summed E-state index contributed by atoms with van der Waals surface area (Å²) >= 11 is 0. The molecule has 0 spiro atoms. The van der Waals surface area contributed by atoms with Gasteiger partial charge < -0.3 is 10.1 Å². The van der Waals surface area contributed by atoms with Crippen LogP contribution in [0.5, 0.6) is 5.75 Å². The Bertz CT molecular complexity index is 1010. The second kappa shape index (κ2) is 9.61. The van der Waals surface area contributed by atoms with Crippen LogP contribution in [0.1, 0.15) is 37.7 Å². The molecule has 0 aliphatic rings. The van der Waals surface area contributed by atoms with Gasteiger partial charge in [-0.3, -0.25) is 9.48 Å². The van der Waals surface area contributed by atoms with Crippen molar-refractivity contribution < 1.29 is 17.9 Å². The van der Waals surface area contributed by atoms with Crippen molar-refractivity contribution in [2.24, 2.45) is 5.92 Å². The largest absolute Gasteiger partial charge is 0.492 e. The Kier molecular flexibility index (Phi) is 7.65. The number of sulfonamides is 1. The van der Waals surface area contributed by atoms with Gasteiger partial charge in [-0.15, -0.1) is 0 Å². The van der Waals surface area contributed by atoms with Crippen molar-refractivity contribution in [2.75, 3.05) is 26.0 Å². The summed E-state index contributed by atoms with van der Waals surface area (Å²) in [6, 6.07) is 4.63. The monoisotopic (exact) mass is 436 g/mol. The van der Waals surface area contributed by atoms with Crippen LogP contribution in [-0.2, 0) is 27.8 Å². The molecule has 0 bridgehead atoms. The van der Waals surface area contributed by atoms with Crippen molar-refractivity contribution in [3.63, 3.8) is 0 Å². The Morgan fingerprint density at radius 2 is 1.93 bits per heavy atom. The van der Waals surface area contributed by atoms with Gasteiger partial charge in [0.2, 0.25) is 15.9 Å². The minimum atomic E-state index is -3.72. The van der Waals surface area contributed by atoms with Crippen LogP contribution in [0.2, 0.25) is 0 Å². The van der Waals surface area contributed by atoms with Gasteiger partial charge in [0.25, 0.3) is 0 Å². The summed E-state index contributed by atoms with van der Waals surface area (Å²) < 4.78 is 33.8. The number of anilines is 1. The van der Waals surface area contributed by atoms with Crippen molar-refractivity contribution in [3.8, 4) is 5.75 Å². The van der Waals surface area contributed by atoms with Gasteiger partial charge in [0, 0.05) is 37.6 Å². The van der Waals surface area contributed by atoms with E-state index in [1.54, 1.807) is 19.1 Å². The fourth-order valence-corrected chi connectivity index (χ4v) is 4.19. The molecule has 1 amide bonds. The lowest BCUT2D eigenvalue weighted by molar-refractivity contribution is -0.115. The second-order valence-corrected chi connectivity index (χ2v) is 9.95. The zero-order chi connectivity index (χ0) is 22.6. The number of aryl methyl sites for hydroxylation is 1. The molecule has 8 nitrogen and oxygen atoms in total. The molecule has 1 aromatic heterocycles. The Morgan fingerprint density at radius 3 is 2.50 bits per heavy atom. The highest BCUT2D eigenvalue weighted by Crippen LogP contribution is 2.29. The Morgan fingerprint density at radius 1 is 1.27 bits per heavy atom. The third-order valence-electron chi connectivity index (χ3n) is 4.69. The summed E-state index contributed by atoms with van der Waals surface area (Å²) in [7, 11) is -0.815. The van der Waals surface area contributed by atoms with E-state index in [0.29, 0.717) is 18.2 Å². The molecule has 9 heteroatoms. The molecule has 1 N–H and O–H groups in total. The smallest absolute Gasteiger partial charge is 0.246 e. The van der Waals surface area contributed by atoms with Crippen molar-refractivity contribution in [1.29, 1.82) is 0 Å². The minimum absolute atomic E-state index is 0.0178. The first kappa shape index (κ1) is 23.9. The Balaban J connectivity index is 2.27. The second-order valence-electron chi connectivity index (χ2n) is 7.83.